The molecule has 1 heterocycles. The number of non-ortho nitro benzene ring substituents is 1. The molecule has 0 unspecified atom stereocenters. The molecule has 4 aromatic rings. The SMILES string of the molecule is Cc1ccc(S(=O)(=O)n2c(C(=O)C3CC3)cc3cc(Oc4c(Cl)cc([N+](=O)[O-])cc4Cl)ccc32)cc1. The van der Waals surface area contributed by atoms with E-state index in [1.807, 2.05) is 6.92 Å². The van der Waals surface area contributed by atoms with E-state index < -0.39 is 14.9 Å². The number of ketones is 1. The number of halogens is 2. The first-order chi connectivity index (χ1) is 17.1. The number of aromatic nitrogens is 1. The lowest BCUT2D eigenvalue weighted by Gasteiger charge is -2.12. The highest BCUT2D eigenvalue weighted by Gasteiger charge is 2.35. The van der Waals surface area contributed by atoms with E-state index in [1.165, 1.54) is 30.3 Å². The van der Waals surface area contributed by atoms with Crippen molar-refractivity contribution in [1.82, 2.24) is 3.97 Å². The van der Waals surface area contributed by atoms with Crippen LogP contribution in [-0.2, 0) is 10.0 Å². The van der Waals surface area contributed by atoms with Gasteiger partial charge in [0.25, 0.3) is 15.7 Å². The number of hydrogen-bond acceptors (Lipinski definition) is 6. The molecule has 3 aromatic carbocycles. The molecule has 11 heteroatoms. The van der Waals surface area contributed by atoms with Crippen molar-refractivity contribution in [2.45, 2.75) is 24.7 Å². The van der Waals surface area contributed by atoms with Crippen molar-refractivity contribution in [2.24, 2.45) is 5.92 Å². The highest BCUT2D eigenvalue weighted by atomic mass is 35.5. The zero-order chi connectivity index (χ0) is 25.8. The van der Waals surface area contributed by atoms with Crippen molar-refractivity contribution < 1.29 is 22.9 Å². The van der Waals surface area contributed by atoms with Crippen molar-refractivity contribution in [3.8, 4) is 11.5 Å². The summed E-state index contributed by atoms with van der Waals surface area (Å²) in [5.74, 6) is -0.153. The highest BCUT2D eigenvalue weighted by Crippen LogP contribution is 2.41. The van der Waals surface area contributed by atoms with Crippen LogP contribution in [0.3, 0.4) is 0 Å². The van der Waals surface area contributed by atoms with Crippen LogP contribution in [0.1, 0.15) is 28.9 Å². The third-order valence-electron chi connectivity index (χ3n) is 5.90. The van der Waals surface area contributed by atoms with Crippen LogP contribution in [0.5, 0.6) is 11.5 Å². The second kappa shape index (κ2) is 8.92. The zero-order valence-electron chi connectivity index (χ0n) is 18.8. The molecule has 0 amide bonds. The van der Waals surface area contributed by atoms with Crippen molar-refractivity contribution >= 4 is 55.6 Å². The maximum absolute atomic E-state index is 13.6. The predicted octanol–water partition coefficient (Wildman–Crippen LogP) is 6.79. The summed E-state index contributed by atoms with van der Waals surface area (Å²) in [6, 6.07) is 14.8. The first-order valence-electron chi connectivity index (χ1n) is 10.9. The number of carbonyl (C=O) groups is 1. The Labute approximate surface area is 216 Å². The fraction of sp³-hybridized carbons (Fsp3) is 0.160. The quantitative estimate of drug-likeness (QED) is 0.144. The van der Waals surface area contributed by atoms with Crippen LogP contribution in [0.4, 0.5) is 5.69 Å². The molecule has 1 aliphatic carbocycles. The van der Waals surface area contributed by atoms with Crippen molar-refractivity contribution in [3.63, 3.8) is 0 Å². The van der Waals surface area contributed by atoms with Gasteiger partial charge in [0.05, 0.1) is 25.4 Å². The number of nitro benzene ring substituents is 1. The third kappa shape index (κ3) is 4.34. The molecule has 0 spiro atoms. The molecule has 184 valence electrons. The standard InChI is InChI=1S/C25H18Cl2N2O6S/c1-14-2-7-19(8-3-14)36(33,34)28-22-9-6-18(10-16(22)11-23(28)24(30)15-4-5-15)35-25-20(26)12-17(29(31)32)13-21(25)27/h2-3,6-13,15H,4-5H2,1H3. The van der Waals surface area contributed by atoms with Gasteiger partial charge in [-0.25, -0.2) is 12.4 Å². The Bertz CT molecular complexity index is 1640. The Morgan fingerprint density at radius 1 is 1.03 bits per heavy atom. The van der Waals surface area contributed by atoms with E-state index in [4.69, 9.17) is 27.9 Å². The van der Waals surface area contributed by atoms with Gasteiger partial charge in [-0.2, -0.15) is 0 Å². The minimum Gasteiger partial charge on any atom is -0.454 e. The fourth-order valence-corrected chi connectivity index (χ4v) is 5.97. The van der Waals surface area contributed by atoms with Gasteiger partial charge in [0.1, 0.15) is 11.4 Å². The number of benzene rings is 3. The lowest BCUT2D eigenvalue weighted by molar-refractivity contribution is -0.384. The van der Waals surface area contributed by atoms with Gasteiger partial charge in [0.2, 0.25) is 0 Å². The van der Waals surface area contributed by atoms with E-state index in [0.717, 1.165) is 34.5 Å². The molecule has 1 saturated carbocycles. The fourth-order valence-electron chi connectivity index (χ4n) is 3.90. The van der Waals surface area contributed by atoms with Crippen LogP contribution in [-0.4, -0.2) is 23.1 Å². The summed E-state index contributed by atoms with van der Waals surface area (Å²) in [5, 5.41) is 11.4. The molecule has 36 heavy (non-hydrogen) atoms. The van der Waals surface area contributed by atoms with E-state index in [9.17, 15) is 23.3 Å². The third-order valence-corrected chi connectivity index (χ3v) is 8.21. The van der Waals surface area contributed by atoms with E-state index >= 15 is 0 Å². The number of hydrogen-bond donors (Lipinski definition) is 0. The number of aryl methyl sites for hydroxylation is 1. The number of fused-ring (bicyclic) bond motifs is 1. The first-order valence-corrected chi connectivity index (χ1v) is 13.1. The minimum atomic E-state index is -4.07. The number of Topliss-reactive ketones (excluding diaryl/α,β-unsaturated/α-hetero) is 1. The molecular formula is C25H18Cl2N2O6S. The lowest BCUT2D eigenvalue weighted by atomic mass is 10.2. The average Bonchev–Trinajstić information content (AvgIpc) is 3.60. The number of ether oxygens (including phenoxy) is 1. The van der Waals surface area contributed by atoms with E-state index in [2.05, 4.69) is 0 Å². The van der Waals surface area contributed by atoms with Crippen molar-refractivity contribution in [1.29, 1.82) is 0 Å². The number of nitrogens with zero attached hydrogens (tertiary/aromatic N) is 2. The van der Waals surface area contributed by atoms with Crippen LogP contribution in [0.15, 0.2) is 65.6 Å². The van der Waals surface area contributed by atoms with Gasteiger partial charge < -0.3 is 4.74 Å². The Morgan fingerprint density at radius 3 is 2.25 bits per heavy atom. The summed E-state index contributed by atoms with van der Waals surface area (Å²) in [6.07, 6.45) is 1.44. The molecular weight excluding hydrogens is 527 g/mol. The maximum Gasteiger partial charge on any atom is 0.272 e. The molecule has 8 nitrogen and oxygen atoms in total. The van der Waals surface area contributed by atoms with Gasteiger partial charge in [0.15, 0.2) is 11.5 Å². The van der Waals surface area contributed by atoms with Gasteiger partial charge in [0, 0.05) is 23.4 Å². The van der Waals surface area contributed by atoms with E-state index in [0.29, 0.717) is 10.9 Å². The Morgan fingerprint density at radius 2 is 1.67 bits per heavy atom. The molecule has 1 fully saturated rings. The average molecular weight is 545 g/mol. The largest absolute Gasteiger partial charge is 0.454 e. The Hall–Kier alpha value is -3.40. The molecule has 0 aliphatic heterocycles. The molecule has 0 bridgehead atoms. The lowest BCUT2D eigenvalue weighted by Crippen LogP contribution is -2.19. The molecule has 0 radical (unpaired) electrons. The van der Waals surface area contributed by atoms with Crippen LogP contribution in [0, 0.1) is 23.0 Å². The van der Waals surface area contributed by atoms with Crippen molar-refractivity contribution in [3.05, 3.63) is 92.1 Å². The van der Waals surface area contributed by atoms with Gasteiger partial charge in [-0.3, -0.25) is 14.9 Å². The molecule has 0 N–H and O–H groups in total. The summed E-state index contributed by atoms with van der Waals surface area (Å²) >= 11 is 12.3. The van der Waals surface area contributed by atoms with Gasteiger partial charge in [-0.15, -0.1) is 0 Å². The highest BCUT2D eigenvalue weighted by molar-refractivity contribution is 7.90. The molecule has 1 aromatic heterocycles. The summed E-state index contributed by atoms with van der Waals surface area (Å²) in [4.78, 5) is 23.6. The van der Waals surface area contributed by atoms with Crippen LogP contribution in [0.25, 0.3) is 10.9 Å². The molecule has 0 saturated heterocycles. The second-order valence-corrected chi connectivity index (χ2v) is 11.2. The monoisotopic (exact) mass is 544 g/mol. The molecule has 0 atom stereocenters. The van der Waals surface area contributed by atoms with Gasteiger partial charge in [-0.05, 0) is 56.2 Å². The molecule has 5 rings (SSSR count). The maximum atomic E-state index is 13.6. The van der Waals surface area contributed by atoms with E-state index in [1.54, 1.807) is 18.2 Å². The van der Waals surface area contributed by atoms with E-state index in [-0.39, 0.29) is 49.5 Å². The van der Waals surface area contributed by atoms with Crippen LogP contribution >= 0.6 is 23.2 Å². The number of nitro groups is 1. The summed E-state index contributed by atoms with van der Waals surface area (Å²) in [5.41, 5.74) is 1.02. The Kier molecular flexibility index (Phi) is 6.02. The predicted molar refractivity (Wildman–Crippen MR) is 136 cm³/mol. The smallest absolute Gasteiger partial charge is 0.272 e. The number of rotatable bonds is 7. The normalized spacial score (nSPS) is 13.6. The van der Waals surface area contributed by atoms with Crippen LogP contribution in [0.2, 0.25) is 10.0 Å². The summed E-state index contributed by atoms with van der Waals surface area (Å²) in [6.45, 7) is 1.86. The second-order valence-electron chi connectivity index (χ2n) is 8.57. The zero-order valence-corrected chi connectivity index (χ0v) is 21.1. The topological polar surface area (TPSA) is 109 Å². The summed E-state index contributed by atoms with van der Waals surface area (Å²) in [7, 11) is -4.07. The van der Waals surface area contributed by atoms with Crippen molar-refractivity contribution in [2.75, 3.05) is 0 Å². The Balaban J connectivity index is 1.62. The van der Waals surface area contributed by atoms with Crippen LogP contribution < -0.4 is 4.74 Å². The summed E-state index contributed by atoms with van der Waals surface area (Å²) < 4.78 is 34.2. The van der Waals surface area contributed by atoms with Gasteiger partial charge >= 0.3 is 0 Å². The van der Waals surface area contributed by atoms with Gasteiger partial charge in [-0.1, -0.05) is 40.9 Å². The number of carbonyl (C=O) groups excluding carboxylic acids is 1. The minimum absolute atomic E-state index is 0.0178. The first kappa shape index (κ1) is 24.3. The molecule has 1 aliphatic rings.